The summed E-state index contributed by atoms with van der Waals surface area (Å²) in [6.07, 6.45) is 3.70. The molecule has 1 heterocycles. The van der Waals surface area contributed by atoms with E-state index in [0.29, 0.717) is 11.3 Å². The van der Waals surface area contributed by atoms with Crippen LogP contribution in [0.15, 0.2) is 36.5 Å². The van der Waals surface area contributed by atoms with Gasteiger partial charge >= 0.3 is 0 Å². The topological polar surface area (TPSA) is 12.9 Å². The smallest absolute Gasteiger partial charge is 0.132 e. The molecule has 0 atom stereocenters. The van der Waals surface area contributed by atoms with Crippen molar-refractivity contribution in [3.63, 3.8) is 0 Å². The van der Waals surface area contributed by atoms with Crippen LogP contribution >= 0.6 is 0 Å². The third-order valence-electron chi connectivity index (χ3n) is 2.76. The lowest BCUT2D eigenvalue weighted by Gasteiger charge is -2.05. The lowest BCUT2D eigenvalue weighted by molar-refractivity contribution is 0.628. The Morgan fingerprint density at radius 1 is 1.18 bits per heavy atom. The highest BCUT2D eigenvalue weighted by molar-refractivity contribution is 5.60. The van der Waals surface area contributed by atoms with Crippen molar-refractivity contribution in [3.8, 4) is 11.3 Å². The molecule has 2 aromatic rings. The van der Waals surface area contributed by atoms with Gasteiger partial charge in [-0.05, 0) is 42.7 Å². The summed E-state index contributed by atoms with van der Waals surface area (Å²) in [5.74, 6) is -0.188. The van der Waals surface area contributed by atoms with Gasteiger partial charge in [0.15, 0.2) is 0 Å². The summed E-state index contributed by atoms with van der Waals surface area (Å²) >= 11 is 0. The van der Waals surface area contributed by atoms with Crippen LogP contribution in [-0.2, 0) is 6.42 Å². The van der Waals surface area contributed by atoms with E-state index in [-0.39, 0.29) is 5.82 Å². The number of hydrogen-bond donors (Lipinski definition) is 0. The first kappa shape index (κ1) is 11.8. The van der Waals surface area contributed by atoms with E-state index in [2.05, 4.69) is 11.9 Å². The molecule has 0 N–H and O–H groups in total. The molecule has 0 radical (unpaired) electrons. The summed E-state index contributed by atoms with van der Waals surface area (Å²) in [7, 11) is 0. The van der Waals surface area contributed by atoms with Crippen molar-refractivity contribution in [1.82, 2.24) is 4.98 Å². The second kappa shape index (κ2) is 5.09. The van der Waals surface area contributed by atoms with Crippen molar-refractivity contribution in [2.45, 2.75) is 26.7 Å². The van der Waals surface area contributed by atoms with E-state index in [0.717, 1.165) is 24.0 Å². The second-order valence-electron chi connectivity index (χ2n) is 4.28. The SMILES string of the molecule is CCCc1ccc(-c2ccc(C)cn2)c(F)c1. The van der Waals surface area contributed by atoms with Crippen LogP contribution in [-0.4, -0.2) is 4.98 Å². The highest BCUT2D eigenvalue weighted by atomic mass is 19.1. The maximum atomic E-state index is 13.9. The number of pyridine rings is 1. The number of aromatic nitrogens is 1. The molecule has 1 aromatic heterocycles. The lowest BCUT2D eigenvalue weighted by Crippen LogP contribution is -1.91. The molecule has 0 spiro atoms. The lowest BCUT2D eigenvalue weighted by atomic mass is 10.0. The van der Waals surface area contributed by atoms with E-state index in [4.69, 9.17) is 0 Å². The highest BCUT2D eigenvalue weighted by Gasteiger charge is 2.06. The van der Waals surface area contributed by atoms with Gasteiger partial charge in [0.25, 0.3) is 0 Å². The standard InChI is InChI=1S/C15H16FN/c1-3-4-12-6-7-13(14(16)9-12)15-8-5-11(2)10-17-15/h5-10H,3-4H2,1-2H3. The van der Waals surface area contributed by atoms with E-state index in [1.807, 2.05) is 31.2 Å². The molecule has 2 heteroatoms. The molecule has 1 aromatic carbocycles. The second-order valence-corrected chi connectivity index (χ2v) is 4.28. The molecule has 2 rings (SSSR count). The molecule has 0 aliphatic rings. The molecule has 0 bridgehead atoms. The quantitative estimate of drug-likeness (QED) is 0.770. The average Bonchev–Trinajstić information content (AvgIpc) is 2.31. The Balaban J connectivity index is 2.36. The van der Waals surface area contributed by atoms with Crippen LogP contribution in [0.3, 0.4) is 0 Å². The molecule has 0 saturated heterocycles. The molecular weight excluding hydrogens is 213 g/mol. The van der Waals surface area contributed by atoms with Crippen LogP contribution in [0.25, 0.3) is 11.3 Å². The first-order chi connectivity index (χ1) is 8.20. The van der Waals surface area contributed by atoms with Gasteiger partial charge in [0.05, 0.1) is 5.69 Å². The molecule has 0 aliphatic heterocycles. The van der Waals surface area contributed by atoms with E-state index in [9.17, 15) is 4.39 Å². The minimum atomic E-state index is -0.188. The van der Waals surface area contributed by atoms with Crippen molar-refractivity contribution in [2.24, 2.45) is 0 Å². The van der Waals surface area contributed by atoms with E-state index in [1.165, 1.54) is 0 Å². The molecule has 0 unspecified atom stereocenters. The Morgan fingerprint density at radius 2 is 2.00 bits per heavy atom. The van der Waals surface area contributed by atoms with Crippen LogP contribution < -0.4 is 0 Å². The van der Waals surface area contributed by atoms with E-state index < -0.39 is 0 Å². The van der Waals surface area contributed by atoms with E-state index in [1.54, 1.807) is 12.3 Å². The fraction of sp³-hybridized carbons (Fsp3) is 0.267. The van der Waals surface area contributed by atoms with Gasteiger partial charge in [-0.1, -0.05) is 25.5 Å². The molecule has 17 heavy (non-hydrogen) atoms. The number of hydrogen-bond acceptors (Lipinski definition) is 1. The van der Waals surface area contributed by atoms with Crippen molar-refractivity contribution in [3.05, 3.63) is 53.5 Å². The molecular formula is C15H16FN. The van der Waals surface area contributed by atoms with Crippen molar-refractivity contribution < 1.29 is 4.39 Å². The third-order valence-corrected chi connectivity index (χ3v) is 2.76. The Hall–Kier alpha value is -1.70. The zero-order valence-corrected chi connectivity index (χ0v) is 10.2. The Labute approximate surface area is 101 Å². The zero-order chi connectivity index (χ0) is 12.3. The predicted octanol–water partition coefficient (Wildman–Crippen LogP) is 4.15. The third kappa shape index (κ3) is 2.70. The molecule has 0 saturated carbocycles. The summed E-state index contributed by atoms with van der Waals surface area (Å²) < 4.78 is 13.9. The number of benzene rings is 1. The summed E-state index contributed by atoms with van der Waals surface area (Å²) in [6, 6.07) is 9.21. The Bertz CT molecular complexity index is 503. The number of nitrogens with zero attached hydrogens (tertiary/aromatic N) is 1. The van der Waals surface area contributed by atoms with Gasteiger partial charge in [-0.25, -0.2) is 4.39 Å². The van der Waals surface area contributed by atoms with Crippen molar-refractivity contribution in [1.29, 1.82) is 0 Å². The van der Waals surface area contributed by atoms with Crippen molar-refractivity contribution in [2.75, 3.05) is 0 Å². The van der Waals surface area contributed by atoms with Crippen LogP contribution in [0, 0.1) is 12.7 Å². The molecule has 0 amide bonds. The Kier molecular flexibility index (Phi) is 3.52. The van der Waals surface area contributed by atoms with Gasteiger partial charge < -0.3 is 0 Å². The average molecular weight is 229 g/mol. The maximum Gasteiger partial charge on any atom is 0.132 e. The Morgan fingerprint density at radius 3 is 2.59 bits per heavy atom. The largest absolute Gasteiger partial charge is 0.256 e. The van der Waals surface area contributed by atoms with Crippen LogP contribution in [0.1, 0.15) is 24.5 Å². The van der Waals surface area contributed by atoms with Gasteiger partial charge in [-0.3, -0.25) is 4.98 Å². The molecule has 0 aliphatic carbocycles. The molecule has 88 valence electrons. The summed E-state index contributed by atoms with van der Waals surface area (Å²) in [5, 5.41) is 0. The fourth-order valence-electron chi connectivity index (χ4n) is 1.84. The first-order valence-corrected chi connectivity index (χ1v) is 5.92. The summed E-state index contributed by atoms with van der Waals surface area (Å²) in [5.41, 5.74) is 3.39. The highest BCUT2D eigenvalue weighted by Crippen LogP contribution is 2.22. The fourth-order valence-corrected chi connectivity index (χ4v) is 1.84. The number of rotatable bonds is 3. The number of aryl methyl sites for hydroxylation is 2. The monoisotopic (exact) mass is 229 g/mol. The summed E-state index contributed by atoms with van der Waals surface area (Å²) in [4.78, 5) is 4.25. The minimum Gasteiger partial charge on any atom is -0.256 e. The normalized spacial score (nSPS) is 10.5. The molecule has 0 fully saturated rings. The van der Waals surface area contributed by atoms with Crippen molar-refractivity contribution >= 4 is 0 Å². The van der Waals surface area contributed by atoms with E-state index >= 15 is 0 Å². The predicted molar refractivity (Wildman–Crippen MR) is 68.4 cm³/mol. The van der Waals surface area contributed by atoms with Crippen LogP contribution in [0.5, 0.6) is 0 Å². The van der Waals surface area contributed by atoms with Crippen LogP contribution in [0.4, 0.5) is 4.39 Å². The zero-order valence-electron chi connectivity index (χ0n) is 10.2. The maximum absolute atomic E-state index is 13.9. The van der Waals surface area contributed by atoms with Gasteiger partial charge in [0, 0.05) is 11.8 Å². The van der Waals surface area contributed by atoms with Gasteiger partial charge in [-0.2, -0.15) is 0 Å². The first-order valence-electron chi connectivity index (χ1n) is 5.92. The minimum absolute atomic E-state index is 0.188. The number of halogens is 1. The molecule has 1 nitrogen and oxygen atoms in total. The van der Waals surface area contributed by atoms with Crippen LogP contribution in [0.2, 0.25) is 0 Å². The van der Waals surface area contributed by atoms with Gasteiger partial charge in [0.2, 0.25) is 0 Å². The van der Waals surface area contributed by atoms with Gasteiger partial charge in [0.1, 0.15) is 5.82 Å². The summed E-state index contributed by atoms with van der Waals surface area (Å²) in [6.45, 7) is 4.06. The van der Waals surface area contributed by atoms with Gasteiger partial charge in [-0.15, -0.1) is 0 Å².